The highest BCUT2D eigenvalue weighted by Gasteiger charge is 2.67. The molecule has 0 aromatic heterocycles. The summed E-state index contributed by atoms with van der Waals surface area (Å²) in [5.41, 5.74) is 1.95. The first-order valence-electron chi connectivity index (χ1n) is 5.76. The van der Waals surface area contributed by atoms with E-state index in [2.05, 4.69) is 10.3 Å². The van der Waals surface area contributed by atoms with Crippen LogP contribution in [-0.2, 0) is 0 Å². The van der Waals surface area contributed by atoms with E-state index in [0.29, 0.717) is 23.7 Å². The van der Waals surface area contributed by atoms with Crippen molar-refractivity contribution in [3.63, 3.8) is 0 Å². The Labute approximate surface area is 87.7 Å². The van der Waals surface area contributed by atoms with E-state index in [-0.39, 0.29) is 0 Å². The lowest BCUT2D eigenvalue weighted by Gasteiger charge is -2.24. The fourth-order valence-corrected chi connectivity index (χ4v) is 5.14. The minimum atomic E-state index is 0.398. The number of fused-ring (bicyclic) bond motifs is 2. The van der Waals surface area contributed by atoms with Gasteiger partial charge in [0.25, 0.3) is 0 Å². The van der Waals surface area contributed by atoms with Crippen molar-refractivity contribution in [3.8, 4) is 0 Å². The van der Waals surface area contributed by atoms with Crippen LogP contribution in [0, 0.1) is 35.5 Å². The number of oxime groups is 2. The molecule has 0 aliphatic heterocycles. The van der Waals surface area contributed by atoms with Crippen LogP contribution in [0.5, 0.6) is 0 Å². The highest BCUT2D eigenvalue weighted by Crippen LogP contribution is 2.68. The highest BCUT2D eigenvalue weighted by atomic mass is 16.4. The summed E-state index contributed by atoms with van der Waals surface area (Å²) >= 11 is 0. The van der Waals surface area contributed by atoms with Crippen LogP contribution in [0.1, 0.15) is 19.3 Å². The molecule has 0 spiro atoms. The smallest absolute Gasteiger partial charge is 0.0614 e. The third-order valence-corrected chi connectivity index (χ3v) is 5.42. The minimum Gasteiger partial charge on any atom is -0.411 e. The number of nitrogens with zero attached hydrogens (tertiary/aromatic N) is 2. The van der Waals surface area contributed by atoms with Gasteiger partial charge in [-0.2, -0.15) is 0 Å². The molecular weight excluding hydrogens is 192 g/mol. The fraction of sp³-hybridized carbons (Fsp3) is 0.818. The highest BCUT2D eigenvalue weighted by molar-refractivity contribution is 6.00. The Kier molecular flexibility index (Phi) is 1.28. The van der Waals surface area contributed by atoms with Crippen LogP contribution in [0.4, 0.5) is 0 Å². The van der Waals surface area contributed by atoms with E-state index >= 15 is 0 Å². The summed E-state index contributed by atoms with van der Waals surface area (Å²) in [7, 11) is 0. The van der Waals surface area contributed by atoms with E-state index in [0.717, 1.165) is 36.1 Å². The molecule has 0 heterocycles. The summed E-state index contributed by atoms with van der Waals surface area (Å²) in [5, 5.41) is 25.0. The largest absolute Gasteiger partial charge is 0.411 e. The third-order valence-electron chi connectivity index (χ3n) is 5.42. The first kappa shape index (κ1) is 8.13. The molecule has 0 saturated heterocycles. The molecule has 6 unspecified atom stereocenters. The van der Waals surface area contributed by atoms with Gasteiger partial charge in [0.05, 0.1) is 11.4 Å². The predicted octanol–water partition coefficient (Wildman–Crippen LogP) is 1.57. The summed E-state index contributed by atoms with van der Waals surface area (Å²) in [6.45, 7) is 0. The van der Waals surface area contributed by atoms with Crippen LogP contribution in [0.2, 0.25) is 0 Å². The van der Waals surface area contributed by atoms with Crippen LogP contribution in [0.25, 0.3) is 0 Å². The number of rotatable bonds is 0. The van der Waals surface area contributed by atoms with Crippen molar-refractivity contribution in [2.24, 2.45) is 45.8 Å². The quantitative estimate of drug-likeness (QED) is 0.466. The topological polar surface area (TPSA) is 65.2 Å². The summed E-state index contributed by atoms with van der Waals surface area (Å²) in [4.78, 5) is 0. The Bertz CT molecular complexity index is 350. The first-order chi connectivity index (χ1) is 7.35. The number of hydrogen-bond donors (Lipinski definition) is 2. The molecule has 4 nitrogen and oxygen atoms in total. The summed E-state index contributed by atoms with van der Waals surface area (Å²) in [6, 6.07) is 0. The van der Waals surface area contributed by atoms with Gasteiger partial charge in [0.1, 0.15) is 0 Å². The van der Waals surface area contributed by atoms with E-state index < -0.39 is 0 Å². The predicted molar refractivity (Wildman–Crippen MR) is 53.2 cm³/mol. The van der Waals surface area contributed by atoms with E-state index in [1.807, 2.05) is 0 Å². The summed E-state index contributed by atoms with van der Waals surface area (Å²) < 4.78 is 0. The fourth-order valence-electron chi connectivity index (χ4n) is 5.14. The molecule has 0 aromatic rings. The normalized spacial score (nSPS) is 60.0. The molecule has 0 aromatic carbocycles. The van der Waals surface area contributed by atoms with Crippen LogP contribution in [-0.4, -0.2) is 21.8 Å². The second-order valence-corrected chi connectivity index (χ2v) is 5.53. The number of hydrogen-bond acceptors (Lipinski definition) is 4. The van der Waals surface area contributed by atoms with Gasteiger partial charge in [0, 0.05) is 11.8 Å². The van der Waals surface area contributed by atoms with E-state index in [4.69, 9.17) is 10.4 Å². The molecule has 0 amide bonds. The van der Waals surface area contributed by atoms with Crippen molar-refractivity contribution >= 4 is 11.4 Å². The summed E-state index contributed by atoms with van der Waals surface area (Å²) in [5.74, 6) is 3.65. The average molecular weight is 206 g/mol. The maximum atomic E-state index is 9.02. The Morgan fingerprint density at radius 1 is 0.800 bits per heavy atom. The molecule has 15 heavy (non-hydrogen) atoms. The molecule has 4 rings (SSSR count). The van der Waals surface area contributed by atoms with E-state index in [1.165, 1.54) is 6.42 Å². The van der Waals surface area contributed by atoms with Gasteiger partial charge in [-0.3, -0.25) is 0 Å². The molecule has 4 aliphatic rings. The van der Waals surface area contributed by atoms with Crippen LogP contribution >= 0.6 is 0 Å². The molecule has 2 N–H and O–H groups in total. The zero-order valence-electron chi connectivity index (χ0n) is 8.37. The van der Waals surface area contributed by atoms with E-state index in [1.54, 1.807) is 0 Å². The zero-order chi connectivity index (χ0) is 10.2. The molecule has 80 valence electrons. The van der Waals surface area contributed by atoms with Crippen molar-refractivity contribution in [1.82, 2.24) is 0 Å². The Morgan fingerprint density at radius 3 is 1.67 bits per heavy atom. The van der Waals surface area contributed by atoms with Crippen molar-refractivity contribution in [2.45, 2.75) is 19.3 Å². The molecule has 2 bridgehead atoms. The standard InChI is InChI=1S/C11H14N2O2/c14-12-8-2-4-5-3-9(13-15)11-7(5)1-6(4)10(8)11/h4-7,10-11,14-15H,1-3H2/b12-8+,13-9+. The van der Waals surface area contributed by atoms with Crippen molar-refractivity contribution < 1.29 is 10.4 Å². The van der Waals surface area contributed by atoms with Gasteiger partial charge in [0.2, 0.25) is 0 Å². The van der Waals surface area contributed by atoms with Gasteiger partial charge in [-0.15, -0.1) is 0 Å². The first-order valence-corrected chi connectivity index (χ1v) is 5.76. The average Bonchev–Trinajstić information content (AvgIpc) is 2.83. The van der Waals surface area contributed by atoms with Gasteiger partial charge in [-0.05, 0) is 42.9 Å². The molecule has 4 aliphatic carbocycles. The minimum absolute atomic E-state index is 0.398. The third kappa shape index (κ3) is 0.703. The van der Waals surface area contributed by atoms with Crippen molar-refractivity contribution in [1.29, 1.82) is 0 Å². The Morgan fingerprint density at radius 2 is 1.27 bits per heavy atom. The van der Waals surface area contributed by atoms with Gasteiger partial charge in [-0.25, -0.2) is 0 Å². The lowest BCUT2D eigenvalue weighted by molar-refractivity contribution is 0.240. The Hall–Kier alpha value is -1.06. The maximum Gasteiger partial charge on any atom is 0.0614 e. The molecule has 4 fully saturated rings. The zero-order valence-corrected chi connectivity index (χ0v) is 8.37. The molecule has 4 heteroatoms. The lowest BCUT2D eigenvalue weighted by atomic mass is 9.79. The maximum absolute atomic E-state index is 9.02. The second kappa shape index (κ2) is 2.36. The molecule has 6 atom stereocenters. The SMILES string of the molecule is O/N=C1\CC2C3C/C(=N\O)C4C3CC2C14. The molecular formula is C11H14N2O2. The molecule has 0 radical (unpaired) electrons. The molecule has 4 saturated carbocycles. The van der Waals surface area contributed by atoms with E-state index in [9.17, 15) is 0 Å². The van der Waals surface area contributed by atoms with Crippen LogP contribution in [0.15, 0.2) is 10.3 Å². The summed E-state index contributed by atoms with van der Waals surface area (Å²) in [6.07, 6.45) is 3.24. The van der Waals surface area contributed by atoms with Crippen molar-refractivity contribution in [3.05, 3.63) is 0 Å². The van der Waals surface area contributed by atoms with Crippen LogP contribution in [0.3, 0.4) is 0 Å². The van der Waals surface area contributed by atoms with Gasteiger partial charge in [0.15, 0.2) is 0 Å². The van der Waals surface area contributed by atoms with Gasteiger partial charge in [-0.1, -0.05) is 10.3 Å². The van der Waals surface area contributed by atoms with Crippen LogP contribution < -0.4 is 0 Å². The van der Waals surface area contributed by atoms with Gasteiger partial charge < -0.3 is 10.4 Å². The van der Waals surface area contributed by atoms with Crippen molar-refractivity contribution in [2.75, 3.05) is 0 Å². The second-order valence-electron chi connectivity index (χ2n) is 5.53. The monoisotopic (exact) mass is 206 g/mol. The van der Waals surface area contributed by atoms with Gasteiger partial charge >= 0.3 is 0 Å². The lowest BCUT2D eigenvalue weighted by Crippen LogP contribution is -2.26. The Balaban J connectivity index is 1.87.